The van der Waals surface area contributed by atoms with Crippen LogP contribution in [0.3, 0.4) is 0 Å². The summed E-state index contributed by atoms with van der Waals surface area (Å²) in [6.07, 6.45) is -4.71. The smallest absolute Gasteiger partial charge is 0.421 e. The first-order valence-corrected chi connectivity index (χ1v) is 8.75. The lowest BCUT2D eigenvalue weighted by molar-refractivity contribution is -0.0598. The van der Waals surface area contributed by atoms with Gasteiger partial charge in [-0.3, -0.25) is 9.08 Å². The molecule has 0 fully saturated rings. The lowest BCUT2D eigenvalue weighted by atomic mass is 10.1. The third-order valence-corrected chi connectivity index (χ3v) is 4.35. The average Bonchev–Trinajstić information content (AvgIpc) is 2.53. The van der Waals surface area contributed by atoms with Gasteiger partial charge in [0.15, 0.2) is 12.0 Å². The van der Waals surface area contributed by atoms with Gasteiger partial charge in [-0.1, -0.05) is 24.2 Å². The number of nitrogens with zero attached hydrogens (tertiary/aromatic N) is 1. The fourth-order valence-electron chi connectivity index (χ4n) is 2.06. The number of oxime groups is 1. The van der Waals surface area contributed by atoms with Crippen LogP contribution in [0.4, 0.5) is 13.2 Å². The second kappa shape index (κ2) is 7.28. The summed E-state index contributed by atoms with van der Waals surface area (Å²) in [5, 5.41) is 2.67. The Morgan fingerprint density at radius 3 is 2.62 bits per heavy atom. The van der Waals surface area contributed by atoms with E-state index in [2.05, 4.69) is 9.44 Å². The number of para-hydroxylation sites is 1. The summed E-state index contributed by atoms with van der Waals surface area (Å²) in [5.74, 6) is -0.545. The largest absolute Gasteiger partial charge is 0.437 e. The summed E-state index contributed by atoms with van der Waals surface area (Å²) in [7, 11) is -4.33. The Bertz CT molecular complexity index is 1020. The van der Waals surface area contributed by atoms with E-state index in [0.717, 1.165) is 6.07 Å². The normalized spacial score (nSPS) is 13.0. The second-order valence-electron chi connectivity index (χ2n) is 5.10. The highest BCUT2D eigenvalue weighted by Gasteiger charge is 2.40. The molecule has 1 aromatic heterocycles. The van der Waals surface area contributed by atoms with Crippen molar-refractivity contribution in [3.63, 3.8) is 0 Å². The van der Waals surface area contributed by atoms with Gasteiger partial charge in [0, 0.05) is 5.39 Å². The Labute approximate surface area is 145 Å². The van der Waals surface area contributed by atoms with Crippen LogP contribution in [0, 0.1) is 0 Å². The molecule has 0 aliphatic rings. The number of carbonyl (C=O) groups excluding carboxylic acids is 1. The van der Waals surface area contributed by atoms with Crippen LogP contribution in [-0.2, 0) is 14.4 Å². The number of carbonyl (C=O) groups is 1. The first-order valence-electron chi connectivity index (χ1n) is 7.18. The quantitative estimate of drug-likeness (QED) is 0.325. The molecule has 1 aromatic carbocycles. The highest BCUT2D eigenvalue weighted by molar-refractivity contribution is 7.86. The Hall–Kier alpha value is -2.69. The maximum Gasteiger partial charge on any atom is 0.437 e. The summed E-state index contributed by atoms with van der Waals surface area (Å²) < 4.78 is 71.5. The molecular weight excluding hydrogens is 379 g/mol. The predicted molar refractivity (Wildman–Crippen MR) is 85.6 cm³/mol. The minimum atomic E-state index is -5.19. The Kier molecular flexibility index (Phi) is 5.50. The molecule has 0 saturated heterocycles. The second-order valence-corrected chi connectivity index (χ2v) is 6.78. The minimum Gasteiger partial charge on any atom is -0.421 e. The number of fused-ring (bicyclic) bond motifs is 1. The molecule has 0 spiro atoms. The van der Waals surface area contributed by atoms with Crippen LogP contribution in [0.25, 0.3) is 11.0 Å². The topological polar surface area (TPSA) is 103 Å². The Morgan fingerprint density at radius 2 is 2.04 bits per heavy atom. The van der Waals surface area contributed by atoms with E-state index in [1.54, 1.807) is 0 Å². The number of aldehydes is 1. The third-order valence-electron chi connectivity index (χ3n) is 3.14. The van der Waals surface area contributed by atoms with E-state index in [0.29, 0.717) is 6.29 Å². The number of hydrogen-bond donors (Lipinski definition) is 0. The summed E-state index contributed by atoms with van der Waals surface area (Å²) in [6.45, 7) is 1.48. The van der Waals surface area contributed by atoms with Crippen LogP contribution in [0.5, 0.6) is 0 Å². The van der Waals surface area contributed by atoms with Gasteiger partial charge in [-0.25, -0.2) is 4.79 Å². The summed E-state index contributed by atoms with van der Waals surface area (Å²) in [4.78, 5) is 22.9. The summed E-state index contributed by atoms with van der Waals surface area (Å²) in [6, 6.07) is 4.81. The molecule has 7 nitrogen and oxygen atoms in total. The van der Waals surface area contributed by atoms with Crippen molar-refractivity contribution in [3.8, 4) is 0 Å². The first kappa shape index (κ1) is 19.6. The van der Waals surface area contributed by atoms with Crippen LogP contribution in [-0.4, -0.2) is 32.3 Å². The summed E-state index contributed by atoms with van der Waals surface area (Å²) >= 11 is 0. The average molecular weight is 391 g/mol. The van der Waals surface area contributed by atoms with Crippen molar-refractivity contribution in [2.75, 3.05) is 5.75 Å². The molecule has 26 heavy (non-hydrogen) atoms. The van der Waals surface area contributed by atoms with Gasteiger partial charge in [0.2, 0.25) is 0 Å². The number of benzene rings is 1. The van der Waals surface area contributed by atoms with Crippen molar-refractivity contribution in [1.29, 1.82) is 0 Å². The van der Waals surface area contributed by atoms with E-state index in [4.69, 9.17) is 4.42 Å². The molecule has 0 aliphatic carbocycles. The standard InChI is InChI=1S/C15H12F3NO6S/c1-2-6-26(22,23)25-19-13(15(16,17)18)11-7-9-4-3-5-10(8-20)12(9)24-14(11)21/h3-5,7-8H,2,6H2,1H3/b19-13+. The zero-order valence-corrected chi connectivity index (χ0v) is 14.1. The lowest BCUT2D eigenvalue weighted by Gasteiger charge is -2.10. The zero-order valence-electron chi connectivity index (χ0n) is 13.2. The number of hydrogen-bond acceptors (Lipinski definition) is 7. The van der Waals surface area contributed by atoms with E-state index in [9.17, 15) is 31.2 Å². The number of rotatable bonds is 6. The molecule has 0 aliphatic heterocycles. The van der Waals surface area contributed by atoms with Crippen molar-refractivity contribution in [2.45, 2.75) is 19.5 Å². The minimum absolute atomic E-state index is 0.0255. The van der Waals surface area contributed by atoms with Crippen molar-refractivity contribution in [1.82, 2.24) is 0 Å². The van der Waals surface area contributed by atoms with Gasteiger partial charge >= 0.3 is 21.9 Å². The molecule has 2 rings (SSSR count). The maximum absolute atomic E-state index is 13.2. The van der Waals surface area contributed by atoms with Crippen LogP contribution in [0.15, 0.2) is 38.6 Å². The lowest BCUT2D eigenvalue weighted by Crippen LogP contribution is -2.30. The van der Waals surface area contributed by atoms with Crippen molar-refractivity contribution in [2.24, 2.45) is 5.16 Å². The molecule has 0 atom stereocenters. The molecule has 140 valence electrons. The fraction of sp³-hybridized carbons (Fsp3) is 0.267. The van der Waals surface area contributed by atoms with Crippen LogP contribution >= 0.6 is 0 Å². The number of halogens is 3. The van der Waals surface area contributed by atoms with Crippen LogP contribution in [0.2, 0.25) is 0 Å². The van der Waals surface area contributed by atoms with Gasteiger partial charge in [-0.2, -0.15) is 21.6 Å². The molecule has 1 heterocycles. The van der Waals surface area contributed by atoms with E-state index >= 15 is 0 Å². The van der Waals surface area contributed by atoms with Crippen LogP contribution in [0.1, 0.15) is 29.3 Å². The molecule has 0 amide bonds. The highest BCUT2D eigenvalue weighted by atomic mass is 32.2. The molecule has 0 unspecified atom stereocenters. The van der Waals surface area contributed by atoms with Gasteiger partial charge in [0.05, 0.1) is 16.9 Å². The van der Waals surface area contributed by atoms with Crippen molar-refractivity contribution < 1.29 is 35.1 Å². The molecular formula is C15H12F3NO6S. The van der Waals surface area contributed by atoms with Gasteiger partial charge < -0.3 is 4.42 Å². The van der Waals surface area contributed by atoms with Crippen molar-refractivity contribution in [3.05, 3.63) is 45.8 Å². The fourth-order valence-corrected chi connectivity index (χ4v) is 2.82. The first-order chi connectivity index (χ1) is 12.1. The molecule has 11 heteroatoms. The zero-order chi connectivity index (χ0) is 19.5. The van der Waals surface area contributed by atoms with E-state index in [1.807, 2.05) is 0 Å². The molecule has 2 aromatic rings. The molecule has 0 bridgehead atoms. The van der Waals surface area contributed by atoms with Gasteiger partial charge in [0.1, 0.15) is 5.58 Å². The van der Waals surface area contributed by atoms with Gasteiger partial charge in [-0.05, 0) is 18.6 Å². The van der Waals surface area contributed by atoms with E-state index < -0.39 is 38.9 Å². The van der Waals surface area contributed by atoms with Gasteiger partial charge in [-0.15, -0.1) is 0 Å². The van der Waals surface area contributed by atoms with E-state index in [-0.39, 0.29) is 23.0 Å². The SMILES string of the molecule is CCCS(=O)(=O)O/N=C(\c1cc2cccc(C=O)c2oc1=O)C(F)(F)F. The molecule has 0 radical (unpaired) electrons. The molecule has 0 N–H and O–H groups in total. The monoisotopic (exact) mass is 391 g/mol. The van der Waals surface area contributed by atoms with Crippen molar-refractivity contribution >= 4 is 33.1 Å². The van der Waals surface area contributed by atoms with E-state index in [1.165, 1.54) is 25.1 Å². The van der Waals surface area contributed by atoms with Gasteiger partial charge in [0.25, 0.3) is 0 Å². The summed E-state index contributed by atoms with van der Waals surface area (Å²) in [5.41, 5.74) is -4.57. The third kappa shape index (κ3) is 4.28. The Morgan fingerprint density at radius 1 is 1.35 bits per heavy atom. The maximum atomic E-state index is 13.2. The number of alkyl halides is 3. The highest BCUT2D eigenvalue weighted by Crippen LogP contribution is 2.24. The Balaban J connectivity index is 2.65. The predicted octanol–water partition coefficient (Wildman–Crippen LogP) is 2.63. The van der Waals surface area contributed by atoms with Crippen LogP contribution < -0.4 is 5.63 Å². The molecule has 0 saturated carbocycles.